The molecule has 0 saturated heterocycles. The third-order valence-electron chi connectivity index (χ3n) is 2.89. The quantitative estimate of drug-likeness (QED) is 0.776. The maximum Gasteiger partial charge on any atom is 0.422 e. The van der Waals surface area contributed by atoms with Crippen LogP contribution in [0.5, 0.6) is 5.88 Å². The molecule has 0 bridgehead atoms. The molecule has 1 amide bonds. The van der Waals surface area contributed by atoms with Crippen molar-refractivity contribution >= 4 is 17.7 Å². The first kappa shape index (κ1) is 19.2. The summed E-state index contributed by atoms with van der Waals surface area (Å²) < 4.78 is 50.3. The van der Waals surface area contributed by atoms with Gasteiger partial charge in [-0.05, 0) is 19.9 Å². The van der Waals surface area contributed by atoms with Gasteiger partial charge in [-0.3, -0.25) is 4.79 Å². The third-order valence-corrected chi connectivity index (χ3v) is 2.89. The van der Waals surface area contributed by atoms with E-state index in [4.69, 9.17) is 9.26 Å². The van der Waals surface area contributed by atoms with Crippen molar-refractivity contribution < 1.29 is 36.8 Å². The van der Waals surface area contributed by atoms with E-state index < -0.39 is 30.8 Å². The van der Waals surface area contributed by atoms with Gasteiger partial charge >= 0.3 is 12.1 Å². The Bertz CT molecular complexity index is 774. The molecule has 2 rings (SSSR count). The van der Waals surface area contributed by atoms with E-state index in [1.54, 1.807) is 6.92 Å². The number of ether oxygens (including phenoxy) is 2. The van der Waals surface area contributed by atoms with Gasteiger partial charge in [-0.1, -0.05) is 5.16 Å². The van der Waals surface area contributed by atoms with Crippen molar-refractivity contribution in [3.8, 4) is 5.88 Å². The molecule has 0 aliphatic rings. The van der Waals surface area contributed by atoms with Gasteiger partial charge < -0.3 is 19.3 Å². The van der Waals surface area contributed by atoms with E-state index in [0.717, 1.165) is 12.3 Å². The first-order valence-electron chi connectivity index (χ1n) is 7.25. The molecule has 0 spiro atoms. The zero-order valence-electron chi connectivity index (χ0n) is 13.7. The van der Waals surface area contributed by atoms with E-state index in [2.05, 4.69) is 20.2 Å². The summed E-state index contributed by atoms with van der Waals surface area (Å²) >= 11 is 0. The SMILES string of the molecule is Cc1cc(NC(=O)C(C)OC(=O)c2ccc(OCC(F)(F)F)nc2)no1. The Balaban J connectivity index is 1.88. The topological polar surface area (TPSA) is 104 Å². The summed E-state index contributed by atoms with van der Waals surface area (Å²) in [5.41, 5.74) is -0.0544. The van der Waals surface area contributed by atoms with Gasteiger partial charge in [0.05, 0.1) is 5.56 Å². The molecule has 11 heteroatoms. The van der Waals surface area contributed by atoms with Crippen LogP contribution in [-0.4, -0.2) is 40.9 Å². The third kappa shape index (κ3) is 5.76. The van der Waals surface area contributed by atoms with Crippen molar-refractivity contribution in [1.29, 1.82) is 0 Å². The molecule has 140 valence electrons. The van der Waals surface area contributed by atoms with Crippen LogP contribution in [0.2, 0.25) is 0 Å². The summed E-state index contributed by atoms with van der Waals surface area (Å²) in [4.78, 5) is 27.4. The molecule has 0 radical (unpaired) electrons. The number of aryl methyl sites for hydroxylation is 1. The van der Waals surface area contributed by atoms with E-state index in [0.29, 0.717) is 5.76 Å². The van der Waals surface area contributed by atoms with E-state index in [9.17, 15) is 22.8 Å². The number of rotatable bonds is 6. The number of alkyl halides is 3. The van der Waals surface area contributed by atoms with Gasteiger partial charge in [-0.2, -0.15) is 13.2 Å². The van der Waals surface area contributed by atoms with Crippen LogP contribution >= 0.6 is 0 Å². The Morgan fingerprint density at radius 3 is 2.62 bits per heavy atom. The maximum absolute atomic E-state index is 12.1. The molecule has 0 aliphatic heterocycles. The summed E-state index contributed by atoms with van der Waals surface area (Å²) in [5, 5.41) is 5.96. The minimum Gasteiger partial charge on any atom is -0.468 e. The van der Waals surface area contributed by atoms with Crippen LogP contribution in [0, 0.1) is 6.92 Å². The normalized spacial score (nSPS) is 12.3. The van der Waals surface area contributed by atoms with E-state index >= 15 is 0 Å². The molecule has 2 aromatic heterocycles. The predicted molar refractivity (Wildman–Crippen MR) is 80.5 cm³/mol. The summed E-state index contributed by atoms with van der Waals surface area (Å²) in [6.45, 7) is 1.48. The zero-order chi connectivity index (χ0) is 19.3. The van der Waals surface area contributed by atoms with Crippen molar-refractivity contribution in [2.75, 3.05) is 11.9 Å². The van der Waals surface area contributed by atoms with Gasteiger partial charge in [-0.15, -0.1) is 0 Å². The largest absolute Gasteiger partial charge is 0.468 e. The number of hydrogen-bond acceptors (Lipinski definition) is 7. The molecule has 0 saturated carbocycles. The summed E-state index contributed by atoms with van der Waals surface area (Å²) in [7, 11) is 0. The number of amides is 1. The molecular formula is C15H14F3N3O5. The number of pyridine rings is 1. The molecule has 1 unspecified atom stereocenters. The van der Waals surface area contributed by atoms with Crippen LogP contribution in [-0.2, 0) is 9.53 Å². The Morgan fingerprint density at radius 1 is 1.35 bits per heavy atom. The van der Waals surface area contributed by atoms with Crippen molar-refractivity contribution in [2.45, 2.75) is 26.1 Å². The van der Waals surface area contributed by atoms with Gasteiger partial charge in [-0.25, -0.2) is 9.78 Å². The van der Waals surface area contributed by atoms with Crippen molar-refractivity contribution in [3.05, 3.63) is 35.7 Å². The smallest absolute Gasteiger partial charge is 0.422 e. The second-order valence-electron chi connectivity index (χ2n) is 5.15. The van der Waals surface area contributed by atoms with Crippen molar-refractivity contribution in [1.82, 2.24) is 10.1 Å². The first-order chi connectivity index (χ1) is 12.1. The highest BCUT2D eigenvalue weighted by Crippen LogP contribution is 2.17. The number of anilines is 1. The van der Waals surface area contributed by atoms with Crippen LogP contribution in [0.25, 0.3) is 0 Å². The number of nitrogens with one attached hydrogen (secondary N) is 1. The van der Waals surface area contributed by atoms with E-state index in [-0.39, 0.29) is 17.3 Å². The maximum atomic E-state index is 12.1. The van der Waals surface area contributed by atoms with Crippen LogP contribution in [0.3, 0.4) is 0 Å². The Morgan fingerprint density at radius 2 is 2.08 bits per heavy atom. The fourth-order valence-electron chi connectivity index (χ4n) is 1.68. The lowest BCUT2D eigenvalue weighted by Crippen LogP contribution is -2.30. The summed E-state index contributed by atoms with van der Waals surface area (Å²) in [6.07, 6.45) is -4.66. The number of aromatic nitrogens is 2. The number of halogens is 3. The zero-order valence-corrected chi connectivity index (χ0v) is 13.7. The van der Waals surface area contributed by atoms with E-state index in [1.807, 2.05) is 0 Å². The van der Waals surface area contributed by atoms with Gasteiger partial charge in [0, 0.05) is 18.3 Å². The fourth-order valence-corrected chi connectivity index (χ4v) is 1.68. The van der Waals surface area contributed by atoms with Gasteiger partial charge in [0.1, 0.15) is 5.76 Å². The highest BCUT2D eigenvalue weighted by atomic mass is 19.4. The molecule has 1 atom stereocenters. The molecule has 2 aromatic rings. The second kappa shape index (κ2) is 7.85. The molecule has 2 heterocycles. The molecule has 0 aliphatic carbocycles. The molecule has 26 heavy (non-hydrogen) atoms. The minimum absolute atomic E-state index is 0.0544. The van der Waals surface area contributed by atoms with E-state index in [1.165, 1.54) is 19.1 Å². The highest BCUT2D eigenvalue weighted by Gasteiger charge is 2.28. The minimum atomic E-state index is -4.50. The lowest BCUT2D eigenvalue weighted by atomic mass is 10.3. The predicted octanol–water partition coefficient (Wildman–Crippen LogP) is 2.50. The molecule has 0 aromatic carbocycles. The Kier molecular flexibility index (Phi) is 5.80. The second-order valence-corrected chi connectivity index (χ2v) is 5.15. The van der Waals surface area contributed by atoms with Gasteiger partial charge in [0.2, 0.25) is 5.88 Å². The van der Waals surface area contributed by atoms with Crippen molar-refractivity contribution in [2.24, 2.45) is 0 Å². The number of esters is 1. The molecule has 8 nitrogen and oxygen atoms in total. The summed E-state index contributed by atoms with van der Waals surface area (Å²) in [5.74, 6) is -1.15. The monoisotopic (exact) mass is 373 g/mol. The van der Waals surface area contributed by atoms with Gasteiger partial charge in [0.25, 0.3) is 5.91 Å². The Hall–Kier alpha value is -3.11. The lowest BCUT2D eigenvalue weighted by Gasteiger charge is -2.12. The fraction of sp³-hybridized carbons (Fsp3) is 0.333. The van der Waals surface area contributed by atoms with Gasteiger partial charge in [0.15, 0.2) is 18.5 Å². The number of carbonyl (C=O) groups is 2. The Labute approximate surface area is 145 Å². The molecular weight excluding hydrogens is 359 g/mol. The standard InChI is InChI=1S/C15H14F3N3O5/c1-8-5-11(21-26-8)20-13(22)9(2)25-14(23)10-3-4-12(19-6-10)24-7-15(16,17)18/h3-6,9H,7H2,1-2H3,(H,20,21,22). The molecule has 1 N–H and O–H groups in total. The number of carbonyl (C=O) groups excluding carboxylic acids is 2. The first-order valence-corrected chi connectivity index (χ1v) is 7.25. The van der Waals surface area contributed by atoms with Crippen LogP contribution in [0.15, 0.2) is 28.9 Å². The van der Waals surface area contributed by atoms with Crippen LogP contribution in [0.1, 0.15) is 23.0 Å². The lowest BCUT2D eigenvalue weighted by molar-refractivity contribution is -0.154. The highest BCUT2D eigenvalue weighted by molar-refractivity contribution is 5.96. The summed E-state index contributed by atoms with van der Waals surface area (Å²) in [6, 6.07) is 3.74. The molecule has 0 fully saturated rings. The van der Waals surface area contributed by atoms with Crippen LogP contribution in [0.4, 0.5) is 19.0 Å². The van der Waals surface area contributed by atoms with Crippen LogP contribution < -0.4 is 10.1 Å². The van der Waals surface area contributed by atoms with Crippen molar-refractivity contribution in [3.63, 3.8) is 0 Å². The number of hydrogen-bond donors (Lipinski definition) is 1. The average Bonchev–Trinajstić information content (AvgIpc) is 2.97. The number of nitrogens with zero attached hydrogens (tertiary/aromatic N) is 2. The average molecular weight is 373 g/mol.